The topological polar surface area (TPSA) is 0 Å². The van der Waals surface area contributed by atoms with E-state index in [4.69, 9.17) is 0 Å². The van der Waals surface area contributed by atoms with Crippen LogP contribution in [0.25, 0.3) is 0 Å². The third-order valence-corrected chi connectivity index (χ3v) is 10.2. The van der Waals surface area contributed by atoms with Crippen molar-refractivity contribution in [2.24, 2.45) is 35.5 Å². The van der Waals surface area contributed by atoms with Crippen molar-refractivity contribution in [2.75, 3.05) is 12.3 Å². The van der Waals surface area contributed by atoms with Crippen molar-refractivity contribution >= 4 is 26.4 Å². The lowest BCUT2D eigenvalue weighted by Gasteiger charge is -2.36. The van der Waals surface area contributed by atoms with Gasteiger partial charge in [-0.2, -0.15) is 0 Å². The van der Waals surface area contributed by atoms with Gasteiger partial charge in [-0.1, -0.05) is 51.4 Å². The predicted octanol–water partition coefficient (Wildman–Crippen LogP) is 7.53. The average Bonchev–Trinajstić information content (AvgIpc) is 2.66. The number of hydrogen-bond acceptors (Lipinski definition) is 0. The van der Waals surface area contributed by atoms with Gasteiger partial charge in [0, 0.05) is 0 Å². The van der Waals surface area contributed by atoms with Crippen LogP contribution in [-0.4, -0.2) is 12.3 Å². The van der Waals surface area contributed by atoms with Crippen LogP contribution in [0.5, 0.6) is 0 Å². The molecular formula is C22H43P3. The maximum absolute atomic E-state index is 2.97. The summed E-state index contributed by atoms with van der Waals surface area (Å²) in [6, 6.07) is 0. The standard InChI is InChI=1S/C22H43P3/c23-15-21-9-5-19(6-10-21)13-17-1-3-18(4-2-17)14-20-7-11-22(12-8-20)16-25-24/h17-22,25H,1-16,23-24H2. The molecular weight excluding hydrogens is 357 g/mol. The summed E-state index contributed by atoms with van der Waals surface area (Å²) in [4.78, 5) is 0. The van der Waals surface area contributed by atoms with Crippen LogP contribution in [0.1, 0.15) is 89.9 Å². The van der Waals surface area contributed by atoms with Crippen LogP contribution in [-0.2, 0) is 0 Å². The summed E-state index contributed by atoms with van der Waals surface area (Å²) in [6.45, 7) is 0. The first-order valence-electron chi connectivity index (χ1n) is 11.4. The van der Waals surface area contributed by atoms with Gasteiger partial charge in [-0.3, -0.25) is 0 Å². The van der Waals surface area contributed by atoms with Crippen molar-refractivity contribution in [1.82, 2.24) is 0 Å². The molecule has 3 unspecified atom stereocenters. The molecule has 0 heterocycles. The van der Waals surface area contributed by atoms with E-state index in [-0.39, 0.29) is 0 Å². The molecule has 0 spiro atoms. The molecule has 0 bridgehead atoms. The summed E-state index contributed by atoms with van der Waals surface area (Å²) < 4.78 is 0. The molecule has 0 amide bonds. The monoisotopic (exact) mass is 400 g/mol. The van der Waals surface area contributed by atoms with Crippen LogP contribution in [0.4, 0.5) is 0 Å². The molecule has 3 aliphatic rings. The van der Waals surface area contributed by atoms with Crippen LogP contribution in [0.15, 0.2) is 0 Å². The van der Waals surface area contributed by atoms with Crippen LogP contribution in [0.2, 0.25) is 0 Å². The Balaban J connectivity index is 1.29. The Morgan fingerprint density at radius 2 is 0.840 bits per heavy atom. The Bertz CT molecular complexity index is 348. The summed E-state index contributed by atoms with van der Waals surface area (Å²) >= 11 is 0. The third kappa shape index (κ3) is 6.99. The molecule has 146 valence electrons. The lowest BCUT2D eigenvalue weighted by Crippen LogP contribution is -2.23. The Morgan fingerprint density at radius 1 is 0.520 bits per heavy atom. The molecule has 3 heteroatoms. The Hall–Kier alpha value is 1.29. The van der Waals surface area contributed by atoms with Gasteiger partial charge >= 0.3 is 0 Å². The van der Waals surface area contributed by atoms with E-state index in [9.17, 15) is 0 Å². The molecule has 0 aromatic carbocycles. The van der Waals surface area contributed by atoms with Crippen molar-refractivity contribution in [2.45, 2.75) is 89.9 Å². The van der Waals surface area contributed by atoms with E-state index >= 15 is 0 Å². The minimum absolute atomic E-state index is 1.03. The zero-order valence-corrected chi connectivity index (χ0v) is 19.7. The normalized spacial score (nSPS) is 40.6. The summed E-state index contributed by atoms with van der Waals surface area (Å²) in [5.74, 6) is 6.46. The molecule has 0 aliphatic heterocycles. The minimum Gasteiger partial charge on any atom is -0.137 e. The summed E-state index contributed by atoms with van der Waals surface area (Å²) in [5, 5.41) is 0. The van der Waals surface area contributed by atoms with Crippen LogP contribution < -0.4 is 0 Å². The van der Waals surface area contributed by atoms with Crippen molar-refractivity contribution in [3.63, 3.8) is 0 Å². The van der Waals surface area contributed by atoms with Gasteiger partial charge in [-0.25, -0.2) is 0 Å². The maximum Gasteiger partial charge on any atom is -0.0291 e. The van der Waals surface area contributed by atoms with E-state index in [1.165, 1.54) is 25.2 Å². The van der Waals surface area contributed by atoms with Gasteiger partial charge in [0.15, 0.2) is 0 Å². The van der Waals surface area contributed by atoms with Crippen molar-refractivity contribution in [3.05, 3.63) is 0 Å². The zero-order valence-electron chi connectivity index (χ0n) is 16.4. The molecule has 25 heavy (non-hydrogen) atoms. The zero-order chi connectivity index (χ0) is 17.5. The van der Waals surface area contributed by atoms with Crippen LogP contribution in [0, 0.1) is 35.5 Å². The van der Waals surface area contributed by atoms with Gasteiger partial charge in [-0.05, 0) is 86.4 Å². The smallest absolute Gasteiger partial charge is 0.0291 e. The lowest BCUT2D eigenvalue weighted by molar-refractivity contribution is 0.169. The molecule has 3 atom stereocenters. The second-order valence-corrected chi connectivity index (χ2v) is 12.3. The van der Waals surface area contributed by atoms with E-state index in [2.05, 4.69) is 18.2 Å². The molecule has 0 aromatic heterocycles. The van der Waals surface area contributed by atoms with E-state index in [0.717, 1.165) is 43.8 Å². The SMILES string of the molecule is PCC1CCC(CC2CCC(CC3CCC(CPP)CC3)CC2)CC1. The quantitative estimate of drug-likeness (QED) is 0.387. The fourth-order valence-corrected chi connectivity index (χ4v) is 8.40. The number of rotatable bonds is 7. The molecule has 3 fully saturated rings. The van der Waals surface area contributed by atoms with Crippen molar-refractivity contribution in [3.8, 4) is 0 Å². The fourth-order valence-electron chi connectivity index (χ4n) is 6.19. The molecule has 3 rings (SSSR count). The van der Waals surface area contributed by atoms with Crippen LogP contribution >= 0.6 is 26.4 Å². The van der Waals surface area contributed by atoms with E-state index in [1.807, 2.05) is 0 Å². The summed E-state index contributed by atoms with van der Waals surface area (Å²) in [6.07, 6.45) is 24.6. The van der Waals surface area contributed by atoms with Gasteiger partial charge in [0.1, 0.15) is 0 Å². The van der Waals surface area contributed by atoms with E-state index in [0.29, 0.717) is 0 Å². The summed E-state index contributed by atoms with van der Waals surface area (Å²) in [5.41, 5.74) is 0. The average molecular weight is 401 g/mol. The highest BCUT2D eigenvalue weighted by Crippen LogP contribution is 2.42. The van der Waals surface area contributed by atoms with Crippen LogP contribution in [0.3, 0.4) is 0 Å². The van der Waals surface area contributed by atoms with Gasteiger partial charge in [0.25, 0.3) is 0 Å². The predicted molar refractivity (Wildman–Crippen MR) is 123 cm³/mol. The number of hydrogen-bond donors (Lipinski definition) is 0. The molecule has 3 aliphatic carbocycles. The third-order valence-electron chi connectivity index (χ3n) is 7.97. The van der Waals surface area contributed by atoms with E-state index in [1.54, 1.807) is 77.0 Å². The van der Waals surface area contributed by atoms with Gasteiger partial charge in [-0.15, -0.1) is 26.4 Å². The Labute approximate surface area is 164 Å². The minimum atomic E-state index is 1.03. The molecule has 3 saturated carbocycles. The van der Waals surface area contributed by atoms with Crippen molar-refractivity contribution in [1.29, 1.82) is 0 Å². The second kappa shape index (κ2) is 11.3. The van der Waals surface area contributed by atoms with E-state index < -0.39 is 0 Å². The summed E-state index contributed by atoms with van der Waals surface area (Å²) in [7, 11) is 7.02. The first-order chi connectivity index (χ1) is 12.3. The lowest BCUT2D eigenvalue weighted by atomic mass is 9.70. The fraction of sp³-hybridized carbons (Fsp3) is 1.00. The maximum atomic E-state index is 2.97. The van der Waals surface area contributed by atoms with Gasteiger partial charge in [0.05, 0.1) is 0 Å². The molecule has 0 aromatic rings. The first-order valence-corrected chi connectivity index (χ1v) is 15.2. The highest BCUT2D eigenvalue weighted by atomic mass is 32.0. The molecule has 0 saturated heterocycles. The molecule has 0 nitrogen and oxygen atoms in total. The molecule has 0 radical (unpaired) electrons. The molecule has 0 N–H and O–H groups in total. The Morgan fingerprint density at radius 3 is 1.16 bits per heavy atom. The van der Waals surface area contributed by atoms with Gasteiger partial charge < -0.3 is 0 Å². The largest absolute Gasteiger partial charge is 0.137 e. The Kier molecular flexibility index (Phi) is 9.52. The van der Waals surface area contributed by atoms with Crippen molar-refractivity contribution < 1.29 is 0 Å². The highest BCUT2D eigenvalue weighted by molar-refractivity contribution is 8.02. The first kappa shape index (κ1) is 21.0. The second-order valence-electron chi connectivity index (χ2n) is 9.78. The van der Waals surface area contributed by atoms with Gasteiger partial charge in [0.2, 0.25) is 0 Å². The highest BCUT2D eigenvalue weighted by Gasteiger charge is 2.29.